The van der Waals surface area contributed by atoms with Gasteiger partial charge in [-0.2, -0.15) is 0 Å². The summed E-state index contributed by atoms with van der Waals surface area (Å²) in [5.41, 5.74) is 13.7. The Morgan fingerprint density at radius 3 is 1.85 bits per heavy atom. The number of benzene rings is 2. The van der Waals surface area contributed by atoms with E-state index in [1.54, 1.807) is 36.5 Å². The van der Waals surface area contributed by atoms with E-state index in [-0.39, 0.29) is 44.6 Å². The number of para-hydroxylation sites is 1. The number of hydrogen-bond donors (Lipinski definition) is 13. The zero-order valence-electron chi connectivity index (χ0n) is 37.0. The van der Waals surface area contributed by atoms with Crippen LogP contribution in [0.1, 0.15) is 62.8 Å². The third kappa shape index (κ3) is 17.1. The zero-order chi connectivity index (χ0) is 48.0. The fourth-order valence-corrected chi connectivity index (χ4v) is 6.96. The van der Waals surface area contributed by atoms with Crippen molar-refractivity contribution >= 4 is 64.1 Å². The van der Waals surface area contributed by atoms with Crippen LogP contribution in [-0.2, 0) is 57.6 Å². The molecular weight excluding hydrogens is 853 g/mol. The Balaban J connectivity index is 1.48. The molecule has 0 fully saturated rings. The molecule has 0 aliphatic rings. The Morgan fingerprint density at radius 2 is 1.24 bits per heavy atom. The first kappa shape index (κ1) is 50.9. The quantitative estimate of drug-likeness (QED) is 0.0186. The molecule has 354 valence electrons. The highest BCUT2D eigenvalue weighted by Crippen LogP contribution is 2.19. The number of fused-ring (bicyclic) bond motifs is 1. The molecule has 22 nitrogen and oxygen atoms in total. The minimum absolute atomic E-state index is 0.000744. The van der Waals surface area contributed by atoms with Crippen LogP contribution in [0.2, 0.25) is 0 Å². The number of nitrogens with one attached hydrogen (secondary N) is 11. The average molecular weight is 913 g/mol. The predicted molar refractivity (Wildman–Crippen MR) is 244 cm³/mol. The Labute approximate surface area is 381 Å². The van der Waals surface area contributed by atoms with Crippen LogP contribution in [0.3, 0.4) is 0 Å². The van der Waals surface area contributed by atoms with E-state index in [1.165, 1.54) is 19.4 Å². The molecule has 2 aromatic heterocycles. The lowest BCUT2D eigenvalue weighted by atomic mass is 10.0. The van der Waals surface area contributed by atoms with Gasteiger partial charge in [0, 0.05) is 56.0 Å². The molecule has 66 heavy (non-hydrogen) atoms. The second kappa shape index (κ2) is 26.1. The number of unbranched alkanes of at least 4 members (excludes halogenated alkanes) is 1. The summed E-state index contributed by atoms with van der Waals surface area (Å²) >= 11 is 0. The standard InChI is InChI=1S/C44H60N14O8/c1-3-4-14-32(54-26(2)59)40(63)51-24-38(61)56-36(20-29-22-48-25-53-29)43(66)58-35(18-27-11-6-5-7-12-27)42(65)57-33(16-10-17-49-44(46)47)41(64)52-23-37(60)55-34(39(45)62)19-28-21-50-31-15-9-8-13-30(28)31/h5-9,11-13,15,21-22,25,32-36,50H,3-4,10,14,16-20,23-24H2,1-2H3,(H2,45,62)(H,48,53)(H,51,63)(H,52,64)(H,54,59)(H,55,60)(H,56,61)(H,57,65)(H,58,66)(H4,46,47,49)/t32-,33-,34-,35+,36-/m0/s1. The van der Waals surface area contributed by atoms with Crippen molar-refractivity contribution < 1.29 is 38.4 Å². The van der Waals surface area contributed by atoms with Crippen molar-refractivity contribution in [2.45, 2.75) is 95.4 Å². The van der Waals surface area contributed by atoms with Crippen molar-refractivity contribution in [3.63, 3.8) is 0 Å². The topological polar surface area (TPSA) is 353 Å². The van der Waals surface area contributed by atoms with Gasteiger partial charge >= 0.3 is 0 Å². The van der Waals surface area contributed by atoms with Crippen molar-refractivity contribution in [1.82, 2.24) is 57.5 Å². The number of aromatic amines is 2. The van der Waals surface area contributed by atoms with Crippen LogP contribution in [-0.4, -0.2) is 118 Å². The summed E-state index contributed by atoms with van der Waals surface area (Å²) in [6.45, 7) is 2.27. The van der Waals surface area contributed by atoms with Crippen LogP contribution in [0.15, 0.2) is 73.3 Å². The second-order valence-corrected chi connectivity index (χ2v) is 15.6. The Hall–Kier alpha value is -7.78. The predicted octanol–water partition coefficient (Wildman–Crippen LogP) is -1.47. The first-order valence-corrected chi connectivity index (χ1v) is 21.6. The highest BCUT2D eigenvalue weighted by molar-refractivity contribution is 5.96. The maximum absolute atomic E-state index is 14.2. The Bertz CT molecular complexity index is 2280. The summed E-state index contributed by atoms with van der Waals surface area (Å²) in [5.74, 6) is -5.87. The molecule has 2 aromatic carbocycles. The minimum atomic E-state index is -1.31. The molecule has 0 bridgehead atoms. The molecular formula is C44H60N14O8. The van der Waals surface area contributed by atoms with Crippen molar-refractivity contribution in [3.05, 3.63) is 90.1 Å². The average Bonchev–Trinajstić information content (AvgIpc) is 3.96. The lowest BCUT2D eigenvalue weighted by Crippen LogP contribution is -2.58. The van der Waals surface area contributed by atoms with Crippen molar-refractivity contribution in [2.75, 3.05) is 19.6 Å². The molecule has 4 aromatic rings. The minimum Gasteiger partial charge on any atom is -0.370 e. The molecule has 0 spiro atoms. The van der Waals surface area contributed by atoms with Crippen molar-refractivity contribution in [1.29, 1.82) is 5.41 Å². The van der Waals surface area contributed by atoms with Gasteiger partial charge in [-0.1, -0.05) is 68.3 Å². The van der Waals surface area contributed by atoms with Crippen molar-refractivity contribution in [3.8, 4) is 0 Å². The Kier molecular flexibility index (Phi) is 20.1. The van der Waals surface area contributed by atoms with E-state index in [4.69, 9.17) is 16.9 Å². The smallest absolute Gasteiger partial charge is 0.243 e. The van der Waals surface area contributed by atoms with Crippen LogP contribution in [0.4, 0.5) is 0 Å². The monoisotopic (exact) mass is 912 g/mol. The maximum atomic E-state index is 14.2. The lowest BCUT2D eigenvalue weighted by Gasteiger charge is -2.26. The number of hydrogen-bond acceptors (Lipinski definition) is 10. The number of carbonyl (C=O) groups is 8. The number of aromatic nitrogens is 3. The maximum Gasteiger partial charge on any atom is 0.243 e. The van der Waals surface area contributed by atoms with Crippen LogP contribution < -0.4 is 54.0 Å². The molecule has 5 atom stereocenters. The highest BCUT2D eigenvalue weighted by Gasteiger charge is 2.31. The summed E-state index contributed by atoms with van der Waals surface area (Å²) in [6, 6.07) is 10.3. The summed E-state index contributed by atoms with van der Waals surface area (Å²) in [7, 11) is 0. The second-order valence-electron chi connectivity index (χ2n) is 15.6. The number of imidazole rings is 1. The summed E-state index contributed by atoms with van der Waals surface area (Å²) in [4.78, 5) is 115. The fourth-order valence-electron chi connectivity index (χ4n) is 6.96. The van der Waals surface area contributed by atoms with Gasteiger partial charge in [0.1, 0.15) is 30.2 Å². The number of nitrogens with two attached hydrogens (primary N) is 2. The van der Waals surface area contributed by atoms with E-state index in [0.717, 1.165) is 22.9 Å². The van der Waals surface area contributed by atoms with Crippen LogP contribution in [0.5, 0.6) is 0 Å². The van der Waals surface area contributed by atoms with E-state index in [0.29, 0.717) is 24.1 Å². The van der Waals surface area contributed by atoms with E-state index >= 15 is 0 Å². The molecule has 15 N–H and O–H groups in total. The molecule has 0 saturated carbocycles. The molecule has 4 rings (SSSR count). The summed E-state index contributed by atoms with van der Waals surface area (Å²) in [6.07, 6.45) is 6.56. The number of rotatable bonds is 27. The van der Waals surface area contributed by atoms with E-state index in [2.05, 4.69) is 57.5 Å². The van der Waals surface area contributed by atoms with Crippen LogP contribution in [0, 0.1) is 5.41 Å². The van der Waals surface area contributed by atoms with Gasteiger partial charge in [-0.15, -0.1) is 0 Å². The third-order valence-electron chi connectivity index (χ3n) is 10.3. The fraction of sp³-hybridized carbons (Fsp3) is 0.409. The normalized spacial score (nSPS) is 13.1. The number of carbonyl (C=O) groups excluding carboxylic acids is 8. The van der Waals surface area contributed by atoms with E-state index < -0.39 is 90.6 Å². The molecule has 0 aliphatic carbocycles. The van der Waals surface area contributed by atoms with Gasteiger partial charge in [0.15, 0.2) is 5.96 Å². The van der Waals surface area contributed by atoms with Gasteiger partial charge in [0.05, 0.1) is 25.1 Å². The highest BCUT2D eigenvalue weighted by atomic mass is 16.2. The zero-order valence-corrected chi connectivity index (χ0v) is 37.0. The first-order chi connectivity index (χ1) is 31.6. The molecule has 0 unspecified atom stereocenters. The number of nitrogens with zero attached hydrogens (tertiary/aromatic N) is 1. The first-order valence-electron chi connectivity index (χ1n) is 21.6. The van der Waals surface area contributed by atoms with Gasteiger partial charge in [0.25, 0.3) is 0 Å². The van der Waals surface area contributed by atoms with Crippen molar-refractivity contribution in [2.24, 2.45) is 11.5 Å². The largest absolute Gasteiger partial charge is 0.370 e. The van der Waals surface area contributed by atoms with Crippen LogP contribution >= 0.6 is 0 Å². The molecule has 22 heteroatoms. The van der Waals surface area contributed by atoms with Gasteiger partial charge in [-0.05, 0) is 36.5 Å². The molecule has 2 heterocycles. The third-order valence-corrected chi connectivity index (χ3v) is 10.3. The van der Waals surface area contributed by atoms with E-state index in [9.17, 15) is 38.4 Å². The molecule has 0 radical (unpaired) electrons. The van der Waals surface area contributed by atoms with Crippen LogP contribution in [0.25, 0.3) is 10.9 Å². The van der Waals surface area contributed by atoms with Gasteiger partial charge in [0.2, 0.25) is 47.3 Å². The van der Waals surface area contributed by atoms with E-state index in [1.807, 2.05) is 31.2 Å². The van der Waals surface area contributed by atoms with Gasteiger partial charge < -0.3 is 64.0 Å². The number of guanidine groups is 1. The lowest BCUT2D eigenvalue weighted by molar-refractivity contribution is -0.134. The number of primary amides is 1. The SMILES string of the molecule is CCCC[C@H](NC(C)=O)C(=O)NCC(=O)N[C@@H](Cc1c[nH]cn1)C(=O)N[C@H](Cc1ccccc1)C(=O)N[C@@H](CCCNC(=N)N)C(=O)NCC(=O)N[C@@H](Cc1c[nH]c2ccccc12)C(N)=O. The van der Waals surface area contributed by atoms with Gasteiger partial charge in [-0.25, -0.2) is 4.98 Å². The number of amides is 8. The molecule has 0 aliphatic heterocycles. The Morgan fingerprint density at radius 1 is 0.652 bits per heavy atom. The number of H-pyrrole nitrogens is 2. The molecule has 8 amide bonds. The molecule has 0 saturated heterocycles. The van der Waals surface area contributed by atoms with Gasteiger partial charge in [-0.3, -0.25) is 43.8 Å². The summed E-state index contributed by atoms with van der Waals surface area (Å²) < 4.78 is 0. The summed E-state index contributed by atoms with van der Waals surface area (Å²) in [5, 5.41) is 29.1.